The number of carbonyl (C=O) groups excluding carboxylic acids is 1. The van der Waals surface area contributed by atoms with Crippen molar-refractivity contribution >= 4 is 50.2 Å². The normalized spacial score (nSPS) is 11.1. The van der Waals surface area contributed by atoms with Gasteiger partial charge in [-0.2, -0.15) is 0 Å². The number of nitrogens with one attached hydrogen (secondary N) is 1. The molecule has 0 aliphatic rings. The topological polar surface area (TPSA) is 67.8 Å². The second kappa shape index (κ2) is 7.82. The van der Waals surface area contributed by atoms with Gasteiger partial charge in [0.1, 0.15) is 5.52 Å². The molecule has 0 fully saturated rings. The zero-order valence-corrected chi connectivity index (χ0v) is 17.2. The molecule has 5 aromatic rings. The van der Waals surface area contributed by atoms with Crippen LogP contribution in [0.1, 0.15) is 15.9 Å². The molecule has 5 nitrogen and oxygen atoms in total. The molecule has 3 aromatic carbocycles. The molecule has 0 saturated carbocycles. The lowest BCUT2D eigenvalue weighted by Gasteiger charge is -2.11. The number of hydrogen-bond donors (Lipinski definition) is 1. The third-order valence-corrected chi connectivity index (χ3v) is 6.05. The Morgan fingerprint density at radius 3 is 2.67 bits per heavy atom. The Balaban J connectivity index is 1.58. The van der Waals surface area contributed by atoms with Crippen molar-refractivity contribution < 1.29 is 4.79 Å². The number of pyridine rings is 1. The highest BCUT2D eigenvalue weighted by atomic mass is 35.5. The second-order valence-electron chi connectivity index (χ2n) is 6.77. The molecule has 30 heavy (non-hydrogen) atoms. The van der Waals surface area contributed by atoms with E-state index in [1.54, 1.807) is 0 Å². The molecular weight excluding hydrogens is 416 g/mol. The molecule has 0 atom stereocenters. The Morgan fingerprint density at radius 1 is 0.967 bits per heavy atom. The fourth-order valence-corrected chi connectivity index (χ4v) is 4.31. The van der Waals surface area contributed by atoms with Crippen LogP contribution in [0.3, 0.4) is 0 Å². The van der Waals surface area contributed by atoms with E-state index in [-0.39, 0.29) is 5.91 Å². The van der Waals surface area contributed by atoms with E-state index in [2.05, 4.69) is 14.9 Å². The van der Waals surface area contributed by atoms with E-state index in [0.717, 1.165) is 32.2 Å². The maximum atomic E-state index is 13.1. The summed E-state index contributed by atoms with van der Waals surface area (Å²) in [4.78, 5) is 17.9. The molecule has 0 radical (unpaired) electrons. The first-order chi connectivity index (χ1) is 14.7. The number of carbonyl (C=O) groups is 1. The summed E-state index contributed by atoms with van der Waals surface area (Å²) >= 11 is 7.55. The number of benzene rings is 3. The monoisotopic (exact) mass is 430 g/mol. The third kappa shape index (κ3) is 3.40. The van der Waals surface area contributed by atoms with Gasteiger partial charge < -0.3 is 5.32 Å². The van der Waals surface area contributed by atoms with Crippen molar-refractivity contribution in [1.82, 2.24) is 19.9 Å². The summed E-state index contributed by atoms with van der Waals surface area (Å²) in [5.41, 5.74) is 4.63. The van der Waals surface area contributed by atoms with E-state index in [1.165, 1.54) is 11.5 Å². The summed E-state index contributed by atoms with van der Waals surface area (Å²) in [6.45, 7) is 0.346. The van der Waals surface area contributed by atoms with E-state index in [4.69, 9.17) is 16.6 Å². The average molecular weight is 431 g/mol. The van der Waals surface area contributed by atoms with Crippen LogP contribution in [0.5, 0.6) is 0 Å². The zero-order valence-electron chi connectivity index (χ0n) is 15.7. The molecule has 2 heterocycles. The Hall–Kier alpha value is -3.35. The maximum absolute atomic E-state index is 13.1. The van der Waals surface area contributed by atoms with Gasteiger partial charge in [-0.25, -0.2) is 4.98 Å². The SMILES string of the molecule is O=C(NCc1ccccc1Cl)c1cc(-c2cccc3nnsc23)nc2ccccc12. The summed E-state index contributed by atoms with van der Waals surface area (Å²) in [6, 6.07) is 22.8. The quantitative estimate of drug-likeness (QED) is 0.409. The Morgan fingerprint density at radius 2 is 1.77 bits per heavy atom. The summed E-state index contributed by atoms with van der Waals surface area (Å²) in [5, 5.41) is 8.56. The van der Waals surface area contributed by atoms with Gasteiger partial charge in [0.05, 0.1) is 21.5 Å². The van der Waals surface area contributed by atoms with Crippen molar-refractivity contribution in [2.75, 3.05) is 0 Å². The third-order valence-electron chi connectivity index (χ3n) is 4.91. The van der Waals surface area contributed by atoms with Crippen molar-refractivity contribution in [1.29, 1.82) is 0 Å². The predicted molar refractivity (Wildman–Crippen MR) is 121 cm³/mol. The van der Waals surface area contributed by atoms with Crippen LogP contribution in [0.25, 0.3) is 32.4 Å². The Labute approximate surface area is 181 Å². The lowest BCUT2D eigenvalue weighted by Crippen LogP contribution is -2.23. The molecule has 5 rings (SSSR count). The number of para-hydroxylation sites is 1. The fourth-order valence-electron chi connectivity index (χ4n) is 3.42. The van der Waals surface area contributed by atoms with Gasteiger partial charge in [-0.3, -0.25) is 4.79 Å². The molecule has 0 bridgehead atoms. The van der Waals surface area contributed by atoms with Crippen LogP contribution in [0, 0.1) is 0 Å². The van der Waals surface area contributed by atoms with Crippen LogP contribution in [-0.4, -0.2) is 20.5 Å². The smallest absolute Gasteiger partial charge is 0.252 e. The lowest BCUT2D eigenvalue weighted by molar-refractivity contribution is 0.0952. The number of amides is 1. The van der Waals surface area contributed by atoms with Crippen LogP contribution in [0.4, 0.5) is 0 Å². The van der Waals surface area contributed by atoms with Gasteiger partial charge in [0.25, 0.3) is 5.91 Å². The molecule has 0 spiro atoms. The van der Waals surface area contributed by atoms with Gasteiger partial charge in [0.15, 0.2) is 0 Å². The van der Waals surface area contributed by atoms with Gasteiger partial charge in [-0.15, -0.1) is 5.10 Å². The Bertz CT molecular complexity index is 1400. The highest BCUT2D eigenvalue weighted by Crippen LogP contribution is 2.31. The number of aromatic nitrogens is 3. The lowest BCUT2D eigenvalue weighted by atomic mass is 10.0. The summed E-state index contributed by atoms with van der Waals surface area (Å²) in [7, 11) is 0. The van der Waals surface area contributed by atoms with Gasteiger partial charge in [-0.05, 0) is 41.4 Å². The minimum Gasteiger partial charge on any atom is -0.348 e. The van der Waals surface area contributed by atoms with E-state index in [0.29, 0.717) is 22.8 Å². The predicted octanol–water partition coefficient (Wildman–Crippen LogP) is 5.49. The van der Waals surface area contributed by atoms with Crippen LogP contribution >= 0.6 is 23.1 Å². The van der Waals surface area contributed by atoms with Gasteiger partial charge >= 0.3 is 0 Å². The van der Waals surface area contributed by atoms with E-state index >= 15 is 0 Å². The summed E-state index contributed by atoms with van der Waals surface area (Å²) in [5.74, 6) is -0.177. The minimum absolute atomic E-state index is 0.177. The van der Waals surface area contributed by atoms with Crippen LogP contribution < -0.4 is 5.32 Å². The van der Waals surface area contributed by atoms with Gasteiger partial charge in [0, 0.05) is 22.5 Å². The second-order valence-corrected chi connectivity index (χ2v) is 7.93. The first-order valence-corrected chi connectivity index (χ1v) is 10.5. The molecule has 7 heteroatoms. The van der Waals surface area contributed by atoms with E-state index < -0.39 is 0 Å². The number of rotatable bonds is 4. The maximum Gasteiger partial charge on any atom is 0.252 e. The molecule has 0 aliphatic carbocycles. The van der Waals surface area contributed by atoms with Gasteiger partial charge in [0.2, 0.25) is 0 Å². The van der Waals surface area contributed by atoms with Crippen LogP contribution in [0.15, 0.2) is 72.8 Å². The van der Waals surface area contributed by atoms with Crippen molar-refractivity contribution in [3.8, 4) is 11.3 Å². The molecule has 1 amide bonds. The largest absolute Gasteiger partial charge is 0.348 e. The van der Waals surface area contributed by atoms with Gasteiger partial charge in [-0.1, -0.05) is 64.6 Å². The molecule has 0 aliphatic heterocycles. The fraction of sp³-hybridized carbons (Fsp3) is 0.0435. The number of fused-ring (bicyclic) bond motifs is 2. The van der Waals surface area contributed by atoms with Crippen molar-refractivity contribution in [3.05, 3.63) is 88.9 Å². The molecule has 0 saturated heterocycles. The van der Waals surface area contributed by atoms with Crippen molar-refractivity contribution in [2.24, 2.45) is 0 Å². The molecular formula is C23H15ClN4OS. The van der Waals surface area contributed by atoms with Crippen LogP contribution in [-0.2, 0) is 6.54 Å². The zero-order chi connectivity index (χ0) is 20.5. The first kappa shape index (κ1) is 18.7. The first-order valence-electron chi connectivity index (χ1n) is 9.33. The average Bonchev–Trinajstić information content (AvgIpc) is 3.26. The minimum atomic E-state index is -0.177. The summed E-state index contributed by atoms with van der Waals surface area (Å²) < 4.78 is 5.00. The number of hydrogen-bond acceptors (Lipinski definition) is 5. The van der Waals surface area contributed by atoms with Crippen molar-refractivity contribution in [2.45, 2.75) is 6.54 Å². The molecule has 1 N–H and O–H groups in total. The molecule has 2 aromatic heterocycles. The molecule has 146 valence electrons. The number of halogens is 1. The highest BCUT2D eigenvalue weighted by Gasteiger charge is 2.16. The van der Waals surface area contributed by atoms with Crippen LogP contribution in [0.2, 0.25) is 5.02 Å². The standard InChI is InChI=1S/C23H15ClN4OS/c24-18-9-3-1-6-14(18)13-25-23(29)17-12-21(26-19-10-4-2-7-15(17)19)16-8-5-11-20-22(16)30-28-27-20/h1-12H,13H2,(H,25,29). The number of nitrogens with zero attached hydrogens (tertiary/aromatic N) is 3. The highest BCUT2D eigenvalue weighted by molar-refractivity contribution is 7.13. The van der Waals surface area contributed by atoms with E-state index in [9.17, 15) is 4.79 Å². The molecule has 0 unspecified atom stereocenters. The van der Waals surface area contributed by atoms with E-state index in [1.807, 2.05) is 72.8 Å². The Kier molecular flexibility index (Phi) is 4.86. The van der Waals surface area contributed by atoms with Crippen molar-refractivity contribution in [3.63, 3.8) is 0 Å². The summed E-state index contributed by atoms with van der Waals surface area (Å²) in [6.07, 6.45) is 0.